The van der Waals surface area contributed by atoms with Crippen LogP contribution in [0.15, 0.2) is 23.4 Å². The van der Waals surface area contributed by atoms with Crippen molar-refractivity contribution in [2.24, 2.45) is 0 Å². The number of nitrogens with zero attached hydrogens (tertiary/aromatic N) is 3. The Hall–Kier alpha value is -1.27. The molecular formula is C14H18ClN3O2S. The summed E-state index contributed by atoms with van der Waals surface area (Å²) in [6.45, 7) is 3.58. The Morgan fingerprint density at radius 2 is 2.24 bits per heavy atom. The van der Waals surface area contributed by atoms with E-state index in [2.05, 4.69) is 10.1 Å². The lowest BCUT2D eigenvalue weighted by atomic mass is 9.90. The molecule has 0 unspecified atom stereocenters. The highest BCUT2D eigenvalue weighted by Gasteiger charge is 2.33. The van der Waals surface area contributed by atoms with Gasteiger partial charge in [-0.15, -0.1) is 23.4 Å². The quantitative estimate of drug-likeness (QED) is 0.353. The van der Waals surface area contributed by atoms with Gasteiger partial charge >= 0.3 is 5.97 Å². The number of methoxy groups -OCH3 is 1. The SMILES string of the molecule is COC(=O)C(C)(C)c1cn2nc(SCCCCl)ccc2n1. The molecule has 0 N–H and O–H groups in total. The van der Waals surface area contributed by atoms with Crippen LogP contribution in [0.2, 0.25) is 0 Å². The number of carbonyl (C=O) groups excluding carboxylic acids is 1. The fraction of sp³-hybridized carbons (Fsp3) is 0.500. The number of hydrogen-bond acceptors (Lipinski definition) is 5. The average Bonchev–Trinajstić information content (AvgIpc) is 2.90. The van der Waals surface area contributed by atoms with E-state index in [1.807, 2.05) is 12.1 Å². The Kier molecular flexibility index (Phi) is 5.11. The van der Waals surface area contributed by atoms with Gasteiger partial charge < -0.3 is 4.74 Å². The zero-order valence-corrected chi connectivity index (χ0v) is 13.9. The number of hydrogen-bond donors (Lipinski definition) is 0. The van der Waals surface area contributed by atoms with Crippen LogP contribution in [0, 0.1) is 0 Å². The zero-order chi connectivity index (χ0) is 15.5. The first-order chi connectivity index (χ1) is 9.98. The Labute approximate surface area is 133 Å². The van der Waals surface area contributed by atoms with Gasteiger partial charge in [0.25, 0.3) is 0 Å². The van der Waals surface area contributed by atoms with Crippen molar-refractivity contribution in [2.75, 3.05) is 18.7 Å². The zero-order valence-electron chi connectivity index (χ0n) is 12.3. The van der Waals surface area contributed by atoms with Gasteiger partial charge in [0, 0.05) is 11.6 Å². The molecule has 2 aromatic heterocycles. The van der Waals surface area contributed by atoms with Crippen LogP contribution in [0.1, 0.15) is 26.0 Å². The third kappa shape index (κ3) is 3.49. The predicted molar refractivity (Wildman–Crippen MR) is 84.1 cm³/mol. The lowest BCUT2D eigenvalue weighted by molar-refractivity contribution is -0.146. The van der Waals surface area contributed by atoms with E-state index in [1.54, 1.807) is 36.3 Å². The molecule has 2 heterocycles. The maximum Gasteiger partial charge on any atom is 0.317 e. The standard InChI is InChI=1S/C14H18ClN3O2S/c1-14(2,13(19)20-3)10-9-18-11(16-10)5-6-12(17-18)21-8-4-7-15/h5-6,9H,4,7-8H2,1-3H3. The molecule has 0 aliphatic carbocycles. The molecule has 0 spiro atoms. The maximum atomic E-state index is 11.8. The summed E-state index contributed by atoms with van der Waals surface area (Å²) >= 11 is 7.32. The number of carbonyl (C=O) groups is 1. The molecule has 0 aliphatic heterocycles. The number of alkyl halides is 1. The number of imidazole rings is 1. The van der Waals surface area contributed by atoms with Gasteiger partial charge in [-0.2, -0.15) is 5.10 Å². The molecule has 114 valence electrons. The summed E-state index contributed by atoms with van der Waals surface area (Å²) in [4.78, 5) is 16.3. The number of halogens is 1. The van der Waals surface area contributed by atoms with Crippen LogP contribution in [-0.4, -0.2) is 39.3 Å². The largest absolute Gasteiger partial charge is 0.468 e. The monoisotopic (exact) mass is 327 g/mol. The molecule has 0 amide bonds. The number of aromatic nitrogens is 3. The van der Waals surface area contributed by atoms with Gasteiger partial charge in [0.2, 0.25) is 0 Å². The minimum atomic E-state index is -0.797. The van der Waals surface area contributed by atoms with Crippen molar-refractivity contribution >= 4 is 35.0 Å². The van der Waals surface area contributed by atoms with Crippen molar-refractivity contribution in [3.8, 4) is 0 Å². The second kappa shape index (κ2) is 6.66. The van der Waals surface area contributed by atoms with Gasteiger partial charge in [-0.1, -0.05) is 0 Å². The number of thioether (sulfide) groups is 1. The molecule has 0 saturated carbocycles. The van der Waals surface area contributed by atoms with Crippen molar-refractivity contribution in [2.45, 2.75) is 30.7 Å². The van der Waals surface area contributed by atoms with Crippen LogP contribution in [0.25, 0.3) is 5.65 Å². The van der Waals surface area contributed by atoms with Crippen LogP contribution in [-0.2, 0) is 14.9 Å². The third-order valence-electron chi connectivity index (χ3n) is 3.16. The van der Waals surface area contributed by atoms with Gasteiger partial charge in [-0.25, -0.2) is 9.50 Å². The normalized spacial score (nSPS) is 11.8. The minimum Gasteiger partial charge on any atom is -0.468 e. The van der Waals surface area contributed by atoms with E-state index < -0.39 is 5.41 Å². The summed E-state index contributed by atoms with van der Waals surface area (Å²) in [6.07, 6.45) is 2.72. The highest BCUT2D eigenvalue weighted by molar-refractivity contribution is 7.99. The van der Waals surface area contributed by atoms with Crippen LogP contribution in [0.3, 0.4) is 0 Å². The molecule has 7 heteroatoms. The molecule has 0 atom stereocenters. The Bertz CT molecular complexity index is 642. The highest BCUT2D eigenvalue weighted by atomic mass is 35.5. The minimum absolute atomic E-state index is 0.317. The molecular weight excluding hydrogens is 310 g/mol. The fourth-order valence-corrected chi connectivity index (χ4v) is 2.93. The van der Waals surface area contributed by atoms with Gasteiger partial charge in [0.05, 0.1) is 19.0 Å². The summed E-state index contributed by atoms with van der Waals surface area (Å²) in [5.74, 6) is 1.26. The second-order valence-corrected chi connectivity index (χ2v) is 6.60. The van der Waals surface area contributed by atoms with E-state index >= 15 is 0 Å². The number of rotatable bonds is 6. The summed E-state index contributed by atoms with van der Waals surface area (Å²) in [5.41, 5.74) is 0.558. The Morgan fingerprint density at radius 3 is 2.90 bits per heavy atom. The lowest BCUT2D eigenvalue weighted by Crippen LogP contribution is -2.30. The molecule has 0 saturated heterocycles. The number of ether oxygens (including phenoxy) is 1. The van der Waals surface area contributed by atoms with Crippen LogP contribution in [0.5, 0.6) is 0 Å². The Morgan fingerprint density at radius 1 is 1.48 bits per heavy atom. The second-order valence-electron chi connectivity index (χ2n) is 5.11. The van der Waals surface area contributed by atoms with Crippen molar-refractivity contribution in [3.05, 3.63) is 24.0 Å². The predicted octanol–water partition coefficient (Wildman–Crippen LogP) is 2.90. The smallest absolute Gasteiger partial charge is 0.317 e. The van der Waals surface area contributed by atoms with Crippen molar-refractivity contribution in [3.63, 3.8) is 0 Å². The average molecular weight is 328 g/mol. The molecule has 21 heavy (non-hydrogen) atoms. The van der Waals surface area contributed by atoms with Crippen molar-refractivity contribution in [1.82, 2.24) is 14.6 Å². The fourth-order valence-electron chi connectivity index (χ4n) is 1.83. The van der Waals surface area contributed by atoms with Crippen molar-refractivity contribution < 1.29 is 9.53 Å². The summed E-state index contributed by atoms with van der Waals surface area (Å²) in [5, 5.41) is 5.40. The molecule has 0 aliphatic rings. The highest BCUT2D eigenvalue weighted by Crippen LogP contribution is 2.25. The lowest BCUT2D eigenvalue weighted by Gasteiger charge is -2.18. The molecule has 0 radical (unpaired) electrons. The summed E-state index contributed by atoms with van der Waals surface area (Å²) < 4.78 is 6.53. The first-order valence-electron chi connectivity index (χ1n) is 6.63. The molecule has 0 aromatic carbocycles. The van der Waals surface area contributed by atoms with E-state index in [1.165, 1.54) is 7.11 Å². The molecule has 0 fully saturated rings. The summed E-state index contributed by atoms with van der Waals surface area (Å²) in [6, 6.07) is 3.82. The van der Waals surface area contributed by atoms with Crippen LogP contribution in [0.4, 0.5) is 0 Å². The maximum absolute atomic E-state index is 11.8. The molecule has 5 nitrogen and oxygen atoms in total. The van der Waals surface area contributed by atoms with Crippen LogP contribution < -0.4 is 0 Å². The van der Waals surface area contributed by atoms with Gasteiger partial charge in [-0.3, -0.25) is 4.79 Å². The van der Waals surface area contributed by atoms with E-state index in [0.717, 1.165) is 17.2 Å². The van der Waals surface area contributed by atoms with Gasteiger partial charge in [-0.05, 0) is 32.4 Å². The molecule has 2 aromatic rings. The molecule has 2 rings (SSSR count). The van der Waals surface area contributed by atoms with E-state index in [4.69, 9.17) is 16.3 Å². The summed E-state index contributed by atoms with van der Waals surface area (Å²) in [7, 11) is 1.38. The van der Waals surface area contributed by atoms with Gasteiger partial charge in [0.1, 0.15) is 10.4 Å². The first-order valence-corrected chi connectivity index (χ1v) is 8.15. The number of fused-ring (bicyclic) bond motifs is 1. The van der Waals surface area contributed by atoms with E-state index in [0.29, 0.717) is 17.2 Å². The van der Waals surface area contributed by atoms with Crippen molar-refractivity contribution in [1.29, 1.82) is 0 Å². The Balaban J connectivity index is 2.27. The number of esters is 1. The van der Waals surface area contributed by atoms with Gasteiger partial charge in [0.15, 0.2) is 5.65 Å². The third-order valence-corrected chi connectivity index (χ3v) is 4.43. The van der Waals surface area contributed by atoms with E-state index in [9.17, 15) is 4.79 Å². The van der Waals surface area contributed by atoms with Crippen LogP contribution >= 0.6 is 23.4 Å². The topological polar surface area (TPSA) is 56.5 Å². The molecule has 0 bridgehead atoms. The first kappa shape index (κ1) is 16.1. The van der Waals surface area contributed by atoms with E-state index in [-0.39, 0.29) is 5.97 Å².